The average molecular weight is 548 g/mol. The van der Waals surface area contributed by atoms with Crippen LogP contribution in [0.25, 0.3) is 0 Å². The van der Waals surface area contributed by atoms with Crippen molar-refractivity contribution in [3.05, 3.63) is 76.7 Å². The summed E-state index contributed by atoms with van der Waals surface area (Å²) in [4.78, 5) is 8.77. The van der Waals surface area contributed by atoms with Gasteiger partial charge in [-0.1, -0.05) is 36.4 Å². The van der Waals surface area contributed by atoms with Gasteiger partial charge in [0.2, 0.25) is 5.88 Å². The molecule has 7 nitrogen and oxygen atoms in total. The van der Waals surface area contributed by atoms with E-state index < -0.39 is 0 Å². The molecule has 8 heteroatoms. The second kappa shape index (κ2) is 12.4. The summed E-state index contributed by atoms with van der Waals surface area (Å²) in [5.41, 5.74) is 5.64. The molecule has 1 unspecified atom stereocenters. The van der Waals surface area contributed by atoms with Crippen LogP contribution < -0.4 is 15.4 Å². The van der Waals surface area contributed by atoms with E-state index in [4.69, 9.17) is 4.74 Å². The van der Waals surface area contributed by atoms with Gasteiger partial charge < -0.3 is 15.4 Å². The minimum atomic E-state index is 0. The Morgan fingerprint density at radius 2 is 1.91 bits per heavy atom. The van der Waals surface area contributed by atoms with E-state index in [1.165, 1.54) is 11.3 Å². The molecule has 0 saturated heterocycles. The van der Waals surface area contributed by atoms with Crippen molar-refractivity contribution in [2.24, 2.45) is 12.0 Å². The molecule has 1 aromatic carbocycles. The molecule has 0 radical (unpaired) electrons. The summed E-state index contributed by atoms with van der Waals surface area (Å²) in [6, 6.07) is 14.2. The third kappa shape index (κ3) is 6.94. The Morgan fingerprint density at radius 1 is 1.16 bits per heavy atom. The molecule has 1 atom stereocenters. The molecule has 2 N–H and O–H groups in total. The summed E-state index contributed by atoms with van der Waals surface area (Å²) in [5.74, 6) is 1.37. The average Bonchev–Trinajstić information content (AvgIpc) is 3.02. The van der Waals surface area contributed by atoms with Crippen LogP contribution in [0.1, 0.15) is 35.0 Å². The molecule has 0 bridgehead atoms. The highest BCUT2D eigenvalue weighted by Crippen LogP contribution is 2.16. The Morgan fingerprint density at radius 3 is 2.56 bits per heavy atom. The van der Waals surface area contributed by atoms with Gasteiger partial charge in [-0.05, 0) is 44.4 Å². The molecule has 0 amide bonds. The van der Waals surface area contributed by atoms with Crippen LogP contribution >= 0.6 is 24.0 Å². The van der Waals surface area contributed by atoms with Crippen LogP contribution in [0.3, 0.4) is 0 Å². The van der Waals surface area contributed by atoms with Gasteiger partial charge in [-0.2, -0.15) is 5.10 Å². The summed E-state index contributed by atoms with van der Waals surface area (Å²) in [6.07, 6.45) is 2.63. The van der Waals surface area contributed by atoms with Crippen LogP contribution in [0.4, 0.5) is 0 Å². The van der Waals surface area contributed by atoms with Gasteiger partial charge in [-0.15, -0.1) is 24.0 Å². The number of hydrogen-bond acceptors (Lipinski definition) is 4. The van der Waals surface area contributed by atoms with Crippen molar-refractivity contribution in [1.82, 2.24) is 25.4 Å². The van der Waals surface area contributed by atoms with Crippen LogP contribution in [-0.2, 0) is 26.6 Å². The van der Waals surface area contributed by atoms with Crippen molar-refractivity contribution in [2.45, 2.75) is 46.4 Å². The molecule has 2 heterocycles. The molecule has 3 aromatic rings. The quantitative estimate of drug-likeness (QED) is 0.254. The van der Waals surface area contributed by atoms with Gasteiger partial charge in [-0.3, -0.25) is 9.67 Å². The number of rotatable bonds is 8. The van der Waals surface area contributed by atoms with Gasteiger partial charge >= 0.3 is 0 Å². The van der Waals surface area contributed by atoms with Crippen molar-refractivity contribution in [1.29, 1.82) is 0 Å². The van der Waals surface area contributed by atoms with Crippen LogP contribution in [0.15, 0.2) is 53.7 Å². The van der Waals surface area contributed by atoms with Gasteiger partial charge in [0, 0.05) is 44.1 Å². The lowest BCUT2D eigenvalue weighted by Crippen LogP contribution is -2.42. The lowest BCUT2D eigenvalue weighted by molar-refractivity contribution is 0.290. The maximum absolute atomic E-state index is 5.96. The second-order valence-corrected chi connectivity index (χ2v) is 7.69. The Labute approximate surface area is 207 Å². The van der Waals surface area contributed by atoms with Crippen molar-refractivity contribution in [3.8, 4) is 5.88 Å². The Hall–Kier alpha value is -2.62. The number of nitrogens with one attached hydrogen (secondary N) is 2. The summed E-state index contributed by atoms with van der Waals surface area (Å²) >= 11 is 0. The fourth-order valence-corrected chi connectivity index (χ4v) is 3.49. The summed E-state index contributed by atoms with van der Waals surface area (Å²) in [7, 11) is 3.76. The van der Waals surface area contributed by atoms with Gasteiger partial charge in [0.15, 0.2) is 5.96 Å². The molecule has 0 fully saturated rings. The minimum Gasteiger partial charge on any atom is -0.473 e. The fraction of sp³-hybridized carbons (Fsp3) is 0.375. The van der Waals surface area contributed by atoms with E-state index in [1.807, 2.05) is 54.2 Å². The molecule has 0 spiro atoms. The second-order valence-electron chi connectivity index (χ2n) is 7.69. The molecule has 0 aliphatic carbocycles. The highest BCUT2D eigenvalue weighted by atomic mass is 127. The molecule has 3 rings (SSSR count). The lowest BCUT2D eigenvalue weighted by Gasteiger charge is -2.19. The van der Waals surface area contributed by atoms with E-state index in [1.54, 1.807) is 13.2 Å². The molecular weight excluding hydrogens is 515 g/mol. The third-order valence-corrected chi connectivity index (χ3v) is 5.29. The lowest BCUT2D eigenvalue weighted by atomic mass is 10.1. The van der Waals surface area contributed by atoms with E-state index >= 15 is 0 Å². The van der Waals surface area contributed by atoms with Crippen molar-refractivity contribution in [2.75, 3.05) is 7.05 Å². The van der Waals surface area contributed by atoms with Crippen molar-refractivity contribution >= 4 is 29.9 Å². The fourth-order valence-electron chi connectivity index (χ4n) is 3.49. The van der Waals surface area contributed by atoms with E-state index in [0.717, 1.165) is 29.2 Å². The topological polar surface area (TPSA) is 76.4 Å². The summed E-state index contributed by atoms with van der Waals surface area (Å²) in [5, 5.41) is 11.4. The van der Waals surface area contributed by atoms with E-state index in [2.05, 4.69) is 46.5 Å². The maximum atomic E-state index is 5.96. The number of benzene rings is 1. The molecule has 2 aromatic heterocycles. The predicted octanol–water partition coefficient (Wildman–Crippen LogP) is 3.93. The summed E-state index contributed by atoms with van der Waals surface area (Å²) in [6.45, 7) is 7.36. The minimum absolute atomic E-state index is 0. The van der Waals surface area contributed by atoms with Gasteiger partial charge in [-0.25, -0.2) is 4.98 Å². The summed E-state index contributed by atoms with van der Waals surface area (Å²) < 4.78 is 7.89. The predicted molar refractivity (Wildman–Crippen MR) is 140 cm³/mol. The number of ether oxygens (including phenoxy) is 1. The number of aryl methyl sites for hydroxylation is 2. The molecule has 0 saturated carbocycles. The smallest absolute Gasteiger partial charge is 0.218 e. The molecule has 0 aliphatic rings. The van der Waals surface area contributed by atoms with Gasteiger partial charge in [0.25, 0.3) is 0 Å². The number of pyridine rings is 1. The molecule has 32 heavy (non-hydrogen) atoms. The first-order valence-corrected chi connectivity index (χ1v) is 10.5. The van der Waals surface area contributed by atoms with Crippen LogP contribution in [-0.4, -0.2) is 33.8 Å². The van der Waals surface area contributed by atoms with Crippen LogP contribution in [0.2, 0.25) is 0 Å². The number of aromatic nitrogens is 3. The van der Waals surface area contributed by atoms with E-state index in [-0.39, 0.29) is 30.0 Å². The van der Waals surface area contributed by atoms with Crippen molar-refractivity contribution < 1.29 is 4.74 Å². The zero-order valence-corrected chi connectivity index (χ0v) is 21.8. The number of halogens is 1. The van der Waals surface area contributed by atoms with E-state index in [0.29, 0.717) is 19.0 Å². The monoisotopic (exact) mass is 548 g/mol. The molecular formula is C24H33IN6O. The SMILES string of the molecule is CN=C(NCc1cccnc1OCc1ccccc1)NC(C)Cc1c(C)nn(C)c1C.I. The molecule has 0 aliphatic heterocycles. The van der Waals surface area contributed by atoms with Gasteiger partial charge in [0.05, 0.1) is 5.69 Å². The highest BCUT2D eigenvalue weighted by molar-refractivity contribution is 14.0. The molecule has 172 valence electrons. The first-order valence-electron chi connectivity index (χ1n) is 10.5. The first-order chi connectivity index (χ1) is 15.0. The number of guanidine groups is 1. The zero-order chi connectivity index (χ0) is 22.2. The Kier molecular flexibility index (Phi) is 9.96. The number of aliphatic imine (C=N–C) groups is 1. The largest absolute Gasteiger partial charge is 0.473 e. The normalized spacial score (nSPS) is 12.1. The Bertz CT molecular complexity index is 1020. The van der Waals surface area contributed by atoms with Crippen LogP contribution in [0, 0.1) is 13.8 Å². The van der Waals surface area contributed by atoms with E-state index in [9.17, 15) is 0 Å². The van der Waals surface area contributed by atoms with Gasteiger partial charge in [0.1, 0.15) is 6.61 Å². The third-order valence-electron chi connectivity index (χ3n) is 5.29. The maximum Gasteiger partial charge on any atom is 0.218 e. The van der Waals surface area contributed by atoms with Crippen molar-refractivity contribution in [3.63, 3.8) is 0 Å². The highest BCUT2D eigenvalue weighted by Gasteiger charge is 2.14. The first kappa shape index (κ1) is 25.6. The van der Waals surface area contributed by atoms with Crippen LogP contribution in [0.5, 0.6) is 5.88 Å². The number of hydrogen-bond donors (Lipinski definition) is 2. The standard InChI is InChI=1S/C24H32N6O.HI/c1-17(14-22-18(2)29-30(5)19(22)3)28-24(25-4)27-15-21-12-9-13-26-23(21)31-16-20-10-7-6-8-11-20;/h6-13,17H,14-16H2,1-5H3,(H2,25,27,28);1H. The Balaban J connectivity index is 0.00000363. The zero-order valence-electron chi connectivity index (χ0n) is 19.4. The number of nitrogens with zero attached hydrogens (tertiary/aromatic N) is 4.